The molecule has 7 heteroatoms. The number of hydrogen-bond acceptors (Lipinski definition) is 1. The van der Waals surface area contributed by atoms with Crippen LogP contribution in [0.2, 0.25) is 0 Å². The third-order valence-electron chi connectivity index (χ3n) is 8.24. The maximum Gasteiger partial charge on any atom is 0.426 e. The Balaban J connectivity index is 1.32. The quantitative estimate of drug-likeness (QED) is 0.336. The number of ether oxygens (including phenoxy) is 1. The third kappa shape index (κ3) is 6.38. The van der Waals surface area contributed by atoms with E-state index in [1.807, 2.05) is 0 Å². The van der Waals surface area contributed by atoms with E-state index in [0.717, 1.165) is 36.2 Å². The van der Waals surface area contributed by atoms with E-state index in [1.165, 1.54) is 63.5 Å². The van der Waals surface area contributed by atoms with Gasteiger partial charge in [0, 0.05) is 6.07 Å². The van der Waals surface area contributed by atoms with E-state index in [4.69, 9.17) is 0 Å². The normalized spacial score (nSPS) is 25.5. The first kappa shape index (κ1) is 26.9. The van der Waals surface area contributed by atoms with Crippen LogP contribution in [0.25, 0.3) is 0 Å². The molecule has 0 bridgehead atoms. The molecule has 0 heterocycles. The minimum atomic E-state index is -4.91. The van der Waals surface area contributed by atoms with Crippen LogP contribution in [-0.4, -0.2) is 0 Å². The summed E-state index contributed by atoms with van der Waals surface area (Å²) in [5, 5.41) is 0. The molecule has 0 radical (unpaired) electrons. The predicted octanol–water partition coefficient (Wildman–Crippen LogP) is 9.85. The van der Waals surface area contributed by atoms with E-state index in [2.05, 4.69) is 11.7 Å². The van der Waals surface area contributed by atoms with Crippen LogP contribution in [-0.2, 0) is 12.3 Å². The molecular formula is C29H34F6O. The summed E-state index contributed by atoms with van der Waals surface area (Å²) in [7, 11) is 0. The summed E-state index contributed by atoms with van der Waals surface area (Å²) in [6.45, 7) is 2.26. The van der Waals surface area contributed by atoms with Crippen molar-refractivity contribution in [3.8, 4) is 5.75 Å². The molecule has 0 saturated heterocycles. The molecule has 2 aliphatic rings. The minimum Gasteiger partial charge on any atom is -0.429 e. The summed E-state index contributed by atoms with van der Waals surface area (Å²) in [5.41, 5.74) is -0.939. The number of rotatable bonds is 7. The molecule has 0 amide bonds. The topological polar surface area (TPSA) is 9.23 Å². The molecule has 2 aromatic rings. The molecule has 0 aromatic heterocycles. The van der Waals surface area contributed by atoms with Gasteiger partial charge < -0.3 is 4.74 Å². The zero-order valence-corrected chi connectivity index (χ0v) is 20.6. The fraction of sp³-hybridized carbons (Fsp3) is 0.586. The number of alkyl halides is 5. The molecule has 0 N–H and O–H groups in total. The van der Waals surface area contributed by atoms with Crippen molar-refractivity contribution in [3.63, 3.8) is 0 Å². The Hall–Kier alpha value is -2.18. The van der Waals surface area contributed by atoms with Gasteiger partial charge in [0.2, 0.25) is 0 Å². The van der Waals surface area contributed by atoms with E-state index in [-0.39, 0.29) is 0 Å². The lowest BCUT2D eigenvalue weighted by Crippen LogP contribution is -2.25. The SMILES string of the molecule is CCCC1CCC(C2CCC(c3ccc(C(F)(F)Oc4ccc(C(F)(F)F)c(F)c4)cc3)CC2)CC1. The minimum absolute atomic E-state index is 0.333. The maximum absolute atomic E-state index is 14.6. The summed E-state index contributed by atoms with van der Waals surface area (Å²) >= 11 is 0. The Labute approximate surface area is 209 Å². The van der Waals surface area contributed by atoms with Gasteiger partial charge in [0.15, 0.2) is 0 Å². The largest absolute Gasteiger partial charge is 0.429 e. The highest BCUT2D eigenvalue weighted by Crippen LogP contribution is 2.45. The zero-order valence-electron chi connectivity index (χ0n) is 20.6. The van der Waals surface area contributed by atoms with E-state index < -0.39 is 35.0 Å². The fourth-order valence-electron chi connectivity index (χ4n) is 6.23. The average molecular weight is 513 g/mol. The number of hydrogen-bond donors (Lipinski definition) is 0. The van der Waals surface area contributed by atoms with E-state index in [1.54, 1.807) is 12.1 Å². The van der Waals surface area contributed by atoms with Crippen molar-refractivity contribution < 1.29 is 31.1 Å². The smallest absolute Gasteiger partial charge is 0.426 e. The van der Waals surface area contributed by atoms with E-state index in [9.17, 15) is 26.3 Å². The Bertz CT molecular complexity index is 984. The molecule has 4 rings (SSSR count). The van der Waals surface area contributed by atoms with Gasteiger partial charge in [-0.1, -0.05) is 44.7 Å². The van der Waals surface area contributed by atoms with Crippen LogP contribution in [0.3, 0.4) is 0 Å². The molecule has 198 valence electrons. The van der Waals surface area contributed by atoms with Gasteiger partial charge in [0.25, 0.3) is 0 Å². The highest BCUT2D eigenvalue weighted by molar-refractivity contribution is 5.33. The van der Waals surface area contributed by atoms with Crippen molar-refractivity contribution in [1.82, 2.24) is 0 Å². The third-order valence-corrected chi connectivity index (χ3v) is 8.24. The predicted molar refractivity (Wildman–Crippen MR) is 127 cm³/mol. The molecule has 1 nitrogen and oxygen atoms in total. The second-order valence-electron chi connectivity index (χ2n) is 10.6. The van der Waals surface area contributed by atoms with Gasteiger partial charge in [-0.15, -0.1) is 0 Å². The summed E-state index contributed by atoms with van der Waals surface area (Å²) in [6, 6.07) is 7.37. The molecule has 0 atom stereocenters. The van der Waals surface area contributed by atoms with Gasteiger partial charge >= 0.3 is 12.3 Å². The molecule has 0 unspecified atom stereocenters. The summed E-state index contributed by atoms with van der Waals surface area (Å²) in [6.07, 6.45) is 3.75. The molecule has 2 aliphatic carbocycles. The highest BCUT2D eigenvalue weighted by Gasteiger charge is 2.37. The lowest BCUT2D eigenvalue weighted by molar-refractivity contribution is -0.185. The first-order valence-corrected chi connectivity index (χ1v) is 13.1. The molecule has 2 saturated carbocycles. The summed E-state index contributed by atoms with van der Waals surface area (Å²) in [4.78, 5) is 0. The van der Waals surface area contributed by atoms with Crippen molar-refractivity contribution in [1.29, 1.82) is 0 Å². The lowest BCUT2D eigenvalue weighted by atomic mass is 9.68. The van der Waals surface area contributed by atoms with Crippen LogP contribution in [0.15, 0.2) is 42.5 Å². The molecule has 0 aliphatic heterocycles. The van der Waals surface area contributed by atoms with Crippen molar-refractivity contribution >= 4 is 0 Å². The van der Waals surface area contributed by atoms with Gasteiger partial charge in [0.05, 0.1) is 11.1 Å². The van der Waals surface area contributed by atoms with Crippen LogP contribution in [0.4, 0.5) is 26.3 Å². The van der Waals surface area contributed by atoms with Crippen LogP contribution in [0, 0.1) is 23.6 Å². The Kier molecular flexibility index (Phi) is 8.25. The van der Waals surface area contributed by atoms with Gasteiger partial charge in [0.1, 0.15) is 11.6 Å². The molecular weight excluding hydrogens is 478 g/mol. The second-order valence-corrected chi connectivity index (χ2v) is 10.6. The molecule has 2 fully saturated rings. The van der Waals surface area contributed by atoms with Gasteiger partial charge in [-0.3, -0.25) is 0 Å². The monoisotopic (exact) mass is 512 g/mol. The van der Waals surface area contributed by atoms with Crippen LogP contribution >= 0.6 is 0 Å². The Morgan fingerprint density at radius 3 is 1.89 bits per heavy atom. The molecule has 36 heavy (non-hydrogen) atoms. The fourth-order valence-corrected chi connectivity index (χ4v) is 6.23. The number of halogens is 6. The van der Waals surface area contributed by atoms with Crippen LogP contribution in [0.5, 0.6) is 5.75 Å². The van der Waals surface area contributed by atoms with Crippen LogP contribution in [0.1, 0.15) is 93.7 Å². The molecule has 2 aromatic carbocycles. The zero-order chi connectivity index (χ0) is 25.9. The second kappa shape index (κ2) is 11.1. The maximum atomic E-state index is 14.6. The van der Waals surface area contributed by atoms with E-state index in [0.29, 0.717) is 24.1 Å². The first-order chi connectivity index (χ1) is 17.1. The van der Waals surface area contributed by atoms with Gasteiger partial charge in [-0.25, -0.2) is 4.39 Å². The summed E-state index contributed by atoms with van der Waals surface area (Å²) < 4.78 is 85.7. The number of benzene rings is 2. The average Bonchev–Trinajstić information content (AvgIpc) is 2.84. The Morgan fingerprint density at radius 1 is 0.778 bits per heavy atom. The van der Waals surface area contributed by atoms with Crippen molar-refractivity contribution in [2.24, 2.45) is 17.8 Å². The van der Waals surface area contributed by atoms with E-state index >= 15 is 0 Å². The van der Waals surface area contributed by atoms with Gasteiger partial charge in [-0.2, -0.15) is 22.0 Å². The lowest BCUT2D eigenvalue weighted by Gasteiger charge is -2.38. The van der Waals surface area contributed by atoms with Gasteiger partial charge in [-0.05, 0) is 92.0 Å². The Morgan fingerprint density at radius 2 is 1.36 bits per heavy atom. The van der Waals surface area contributed by atoms with Crippen molar-refractivity contribution in [2.45, 2.75) is 89.3 Å². The summed E-state index contributed by atoms with van der Waals surface area (Å²) in [5.74, 6) is 0.511. The molecule has 0 spiro atoms. The standard InChI is InChI=1S/C29H34F6O/c1-2-3-19-4-6-20(7-5-19)21-8-10-22(11-9-21)23-12-14-24(15-13-23)29(34,35)36-25-16-17-26(27(30)18-25)28(31,32)33/h12-22H,2-11H2,1H3. The van der Waals surface area contributed by atoms with Crippen molar-refractivity contribution in [3.05, 3.63) is 65.0 Å². The highest BCUT2D eigenvalue weighted by atomic mass is 19.4. The van der Waals surface area contributed by atoms with Crippen LogP contribution < -0.4 is 4.74 Å². The first-order valence-electron chi connectivity index (χ1n) is 13.1. The van der Waals surface area contributed by atoms with Crippen molar-refractivity contribution in [2.75, 3.05) is 0 Å².